The van der Waals surface area contributed by atoms with E-state index in [9.17, 15) is 114 Å². The van der Waals surface area contributed by atoms with Gasteiger partial charge in [-0.1, -0.05) is 39.0 Å². The number of nitrogens with two attached hydrogens (primary N) is 1. The van der Waals surface area contributed by atoms with E-state index >= 15 is 0 Å². The lowest BCUT2D eigenvalue weighted by atomic mass is 9.99. The molecule has 0 bridgehead atoms. The van der Waals surface area contributed by atoms with Crippen molar-refractivity contribution in [2.45, 2.75) is 164 Å². The standard InChI is InChI=1S/C30H39Br2N3O14.C30H41N3O14.C17H24N2O8.3CH3/c1-2-16-3-4-18(48-30-25(40)23(38)24(39)26(49-30)29(43)44)17(15-16)34-20(37)5-7-33-19(36)6-9-45-11-13-47-14-12-46-10-8-35-27(41)21(31)22(32)28(35)42;1-2-18-3-4-20(46-30-27(40)25(38)26(39)28(47-30)29(41)42)19(17-18)32-22(35)7-9-31-21(34)8-11-43-13-15-45-16-14-44-12-10-33-23(36)5-6-24(33)37;1-2-8-3-4-10(9(7-8)19-11(20)5-6-18)26-17-14(23)12(21)13(22)15(27-17)16(24)25;;;/h3-4,15,23-26,30,38-40H,2,5-14H2,1H3,(H,33,36)(H,34,37)(H,43,44);3-6,17,25-28,30,38-40H,2,7-16H2,1H3,(H,31,34)(H,32,35)(H,41,42);3-4,7,12-15,17,21-23H,2,5-6,18H2,1H3,(H,19,20)(H,24,25);3*1H3/q;;;3*-1/t23-,24-,25+,26-,30+;25-,26-,27+,28-,30+;12-,13-,14+,15-,17+;;;/m001.../s1. The number of hydrogen-bond donors (Lipinski definition) is 18. The first-order valence-electron chi connectivity index (χ1n) is 38.9. The maximum atomic E-state index is 12.7. The second-order valence-electron chi connectivity index (χ2n) is 27.2. The summed E-state index contributed by atoms with van der Waals surface area (Å²) in [6.07, 6.45) is -22.3. The van der Waals surface area contributed by atoms with Gasteiger partial charge in [0.15, 0.2) is 18.3 Å². The van der Waals surface area contributed by atoms with E-state index in [1.807, 2.05) is 20.8 Å². The average molecular weight is 1920 g/mol. The molecule has 15 atom stereocenters. The predicted molar refractivity (Wildman–Crippen MR) is 448 cm³/mol. The molecule has 0 saturated carbocycles. The number of aliphatic hydroxyl groups is 9. The number of anilines is 3. The van der Waals surface area contributed by atoms with Gasteiger partial charge in [-0.15, -0.1) is 0 Å². The van der Waals surface area contributed by atoms with Crippen molar-refractivity contribution in [1.29, 1.82) is 0 Å². The molecule has 5 aliphatic rings. The number of aliphatic carboxylic acids is 3. The lowest BCUT2D eigenvalue weighted by molar-refractivity contribution is -0.271. The number of amides is 9. The maximum Gasteiger partial charge on any atom is 0.335 e. The van der Waals surface area contributed by atoms with E-state index in [0.29, 0.717) is 19.3 Å². The monoisotopic (exact) mass is 1920 g/mol. The molecular formula is C80H113Br2N8O36-3. The van der Waals surface area contributed by atoms with Gasteiger partial charge < -0.3 is 173 Å². The Kier molecular flexibility index (Phi) is 50.1. The fraction of sp³-hybridized carbons (Fsp3) is 0.537. The van der Waals surface area contributed by atoms with Crippen LogP contribution in [-0.4, -0.2) is 346 Å². The molecule has 706 valence electrons. The molecule has 0 spiro atoms. The van der Waals surface area contributed by atoms with Crippen LogP contribution >= 0.6 is 31.9 Å². The third-order valence-corrected chi connectivity index (χ3v) is 20.4. The summed E-state index contributed by atoms with van der Waals surface area (Å²) in [7, 11) is 0. The summed E-state index contributed by atoms with van der Waals surface area (Å²) in [5.74, 6) is -8.02. The number of halogens is 2. The van der Waals surface area contributed by atoms with Crippen molar-refractivity contribution in [2.24, 2.45) is 5.73 Å². The van der Waals surface area contributed by atoms with E-state index in [1.54, 1.807) is 36.4 Å². The minimum atomic E-state index is -1.88. The molecule has 44 nitrogen and oxygen atoms in total. The molecule has 0 unspecified atom stereocenters. The smallest absolute Gasteiger partial charge is 0.335 e. The van der Waals surface area contributed by atoms with Crippen molar-refractivity contribution in [1.82, 2.24) is 20.4 Å². The molecule has 0 aromatic heterocycles. The van der Waals surface area contributed by atoms with Gasteiger partial charge in [-0.05, 0) is 104 Å². The number of ether oxygens (including phenoxy) is 12. The van der Waals surface area contributed by atoms with Crippen LogP contribution in [-0.2, 0) is 119 Å². The van der Waals surface area contributed by atoms with E-state index in [-0.39, 0.29) is 239 Å². The number of benzene rings is 3. The van der Waals surface area contributed by atoms with Gasteiger partial charge in [0.05, 0.1) is 109 Å². The highest BCUT2D eigenvalue weighted by Gasteiger charge is 2.51. The normalized spacial score (nSPS) is 23.0. The fourth-order valence-electron chi connectivity index (χ4n) is 11.5. The van der Waals surface area contributed by atoms with Gasteiger partial charge >= 0.3 is 17.9 Å². The molecule has 3 aromatic carbocycles. The molecule has 3 saturated heterocycles. The highest BCUT2D eigenvalue weighted by atomic mass is 79.9. The molecule has 3 aromatic rings. The molecule has 19 N–H and O–H groups in total. The third-order valence-electron chi connectivity index (χ3n) is 18.4. The number of imide groups is 2. The van der Waals surface area contributed by atoms with Gasteiger partial charge in [-0.25, -0.2) is 14.4 Å². The first-order chi connectivity index (χ1) is 58.6. The second-order valence-corrected chi connectivity index (χ2v) is 28.8. The zero-order valence-corrected chi connectivity index (χ0v) is 73.3. The number of nitrogens with one attached hydrogen (secondary N) is 5. The molecule has 126 heavy (non-hydrogen) atoms. The Bertz CT molecular complexity index is 4090. The van der Waals surface area contributed by atoms with Crippen molar-refractivity contribution < 1.29 is 176 Å². The molecule has 9 amide bonds. The minimum absolute atomic E-state index is 0. The van der Waals surface area contributed by atoms with Gasteiger partial charge in [0.2, 0.25) is 48.4 Å². The van der Waals surface area contributed by atoms with Crippen LogP contribution in [0.2, 0.25) is 0 Å². The van der Waals surface area contributed by atoms with Crippen LogP contribution in [0.3, 0.4) is 0 Å². The SMILES string of the molecule is CCc1ccc(O[C@@H]2O[C@H](C(=O)O)[C@@H](O)[C@H](O)[C@H]2O)c(NC(=O)CCNC(=O)CCOCCOCCOCCN2C(=O)C(Br)=C(Br)C2=O)c1.CCc1ccc(O[C@@H]2O[C@H](C(=O)O)[C@@H](O)[C@H](O)[C@H]2O)c(NC(=O)CCNC(=O)CCOCCOCCOCCN2C(=O)C=CC2=O)c1.CCc1ccc(O[C@H]2O[C@@H](C(=O)O)[C@H](O)[C@@H](O)[C@@H]2O)c(NC(=O)CCN)c1.[CH3-].[CH3-].[CH3-]. The van der Waals surface area contributed by atoms with Gasteiger partial charge in [-0.2, -0.15) is 0 Å². The average Bonchev–Trinajstić information content (AvgIpc) is 1.07. The van der Waals surface area contributed by atoms with Crippen LogP contribution < -0.4 is 46.5 Å². The minimum Gasteiger partial charge on any atom is -0.479 e. The van der Waals surface area contributed by atoms with Crippen molar-refractivity contribution in [3.63, 3.8) is 0 Å². The van der Waals surface area contributed by atoms with E-state index in [2.05, 4.69) is 58.4 Å². The van der Waals surface area contributed by atoms with Crippen LogP contribution in [0.5, 0.6) is 17.2 Å². The zero-order valence-electron chi connectivity index (χ0n) is 70.1. The number of carboxylic acids is 3. The Balaban J connectivity index is 0.000000501. The quantitative estimate of drug-likeness (QED) is 0.0170. The molecule has 0 aliphatic carbocycles. The van der Waals surface area contributed by atoms with Crippen LogP contribution in [0.4, 0.5) is 17.1 Å². The summed E-state index contributed by atoms with van der Waals surface area (Å²) in [5.41, 5.74) is 8.58. The summed E-state index contributed by atoms with van der Waals surface area (Å²) in [4.78, 5) is 144. The van der Waals surface area contributed by atoms with Crippen LogP contribution in [0.1, 0.15) is 69.6 Å². The Morgan fingerprint density at radius 3 is 0.944 bits per heavy atom. The van der Waals surface area contributed by atoms with Crippen LogP contribution in [0.15, 0.2) is 75.7 Å². The number of carbonyl (C=O) groups excluding carboxylic acids is 9. The molecule has 46 heteroatoms. The van der Waals surface area contributed by atoms with Crippen molar-refractivity contribution >= 4 is 120 Å². The molecule has 0 radical (unpaired) electrons. The van der Waals surface area contributed by atoms with E-state index in [4.69, 9.17) is 67.7 Å². The highest BCUT2D eigenvalue weighted by Crippen LogP contribution is 2.36. The Hall–Kier alpha value is -9.22. The van der Waals surface area contributed by atoms with Crippen LogP contribution in [0, 0.1) is 22.3 Å². The topological polar surface area (TPSA) is 651 Å². The number of carboxylic acid groups (broad SMARTS) is 3. The lowest BCUT2D eigenvalue weighted by Gasteiger charge is -2.38. The summed E-state index contributed by atoms with van der Waals surface area (Å²) >= 11 is 6.11. The largest absolute Gasteiger partial charge is 0.479 e. The lowest BCUT2D eigenvalue weighted by Crippen LogP contribution is -2.61. The Labute approximate surface area is 742 Å². The van der Waals surface area contributed by atoms with Crippen molar-refractivity contribution in [3.8, 4) is 17.2 Å². The number of nitrogens with zero attached hydrogens (tertiary/aromatic N) is 2. The summed E-state index contributed by atoms with van der Waals surface area (Å²) < 4.78 is 64.8. The fourth-order valence-corrected chi connectivity index (χ4v) is 12.3. The Morgan fingerprint density at radius 2 is 0.659 bits per heavy atom. The second kappa shape index (κ2) is 56.9. The molecule has 3 fully saturated rings. The number of carbonyl (C=O) groups is 12. The number of hydrogen-bond acceptors (Lipinski definition) is 34. The third kappa shape index (κ3) is 34.4. The maximum absolute atomic E-state index is 12.7. The number of rotatable bonds is 47. The van der Waals surface area contributed by atoms with Crippen LogP contribution in [0.25, 0.3) is 0 Å². The van der Waals surface area contributed by atoms with Gasteiger partial charge in [0.25, 0.3) is 23.6 Å². The Morgan fingerprint density at radius 1 is 0.381 bits per heavy atom. The number of aryl methyl sites for hydroxylation is 3. The molecular weight excluding hydrogens is 1810 g/mol. The van der Waals surface area contributed by atoms with E-state index in [0.717, 1.165) is 26.5 Å². The van der Waals surface area contributed by atoms with Gasteiger partial charge in [-0.3, -0.25) is 53.0 Å². The highest BCUT2D eigenvalue weighted by molar-refractivity contribution is 9.14. The first-order valence-corrected chi connectivity index (χ1v) is 40.4. The predicted octanol–water partition coefficient (Wildman–Crippen LogP) is -1.74. The van der Waals surface area contributed by atoms with Crippen molar-refractivity contribution in [3.05, 3.63) is 115 Å². The summed E-state index contributed by atoms with van der Waals surface area (Å²) in [6, 6.07) is 14.5. The molecule has 8 rings (SSSR count). The summed E-state index contributed by atoms with van der Waals surface area (Å²) in [5, 5.41) is 131. The van der Waals surface area contributed by atoms with Gasteiger partial charge in [0.1, 0.15) is 81.1 Å². The van der Waals surface area contributed by atoms with E-state index in [1.165, 1.54) is 30.4 Å². The first kappa shape index (κ1) is 111. The van der Waals surface area contributed by atoms with Gasteiger partial charge in [0, 0.05) is 63.9 Å². The summed E-state index contributed by atoms with van der Waals surface area (Å²) in [6.45, 7) is 8.92. The zero-order chi connectivity index (χ0) is 90.6. The number of aliphatic hydroxyl groups excluding tert-OH is 9. The van der Waals surface area contributed by atoms with Crippen molar-refractivity contribution in [2.75, 3.05) is 128 Å². The molecule has 5 heterocycles. The molecule has 5 aliphatic heterocycles. The van der Waals surface area contributed by atoms with E-state index < -0.39 is 134 Å².